The third kappa shape index (κ3) is 2.22. The lowest BCUT2D eigenvalue weighted by Gasteiger charge is -2.18. The fourth-order valence-electron chi connectivity index (χ4n) is 0.936. The van der Waals surface area contributed by atoms with Gasteiger partial charge in [-0.25, -0.2) is 9.78 Å². The van der Waals surface area contributed by atoms with Crippen LogP contribution in [0.1, 0.15) is 5.82 Å². The fraction of sp³-hybridized carbons (Fsp3) is 0.286. The summed E-state index contributed by atoms with van der Waals surface area (Å²) in [5.74, 6) is 0.254. The van der Waals surface area contributed by atoms with Crippen LogP contribution in [0.4, 0.5) is 4.79 Å². The smallest absolute Gasteiger partial charge is 0.324 e. The SMILES string of the molecule is CNC(=O)N(Cc1ncc[nH]1)C(=N)N. The van der Waals surface area contributed by atoms with Gasteiger partial charge in [-0.15, -0.1) is 0 Å². The number of nitrogens with two attached hydrogens (primary N) is 1. The minimum absolute atomic E-state index is 0.155. The summed E-state index contributed by atoms with van der Waals surface area (Å²) in [4.78, 5) is 19.0. The van der Waals surface area contributed by atoms with Crippen molar-refractivity contribution < 1.29 is 4.79 Å². The summed E-state index contributed by atoms with van der Waals surface area (Å²) in [6.45, 7) is 0.155. The number of carbonyl (C=O) groups is 1. The van der Waals surface area contributed by atoms with Gasteiger partial charge < -0.3 is 16.0 Å². The first-order valence-corrected chi connectivity index (χ1v) is 3.96. The van der Waals surface area contributed by atoms with E-state index in [1.807, 2.05) is 0 Å². The van der Waals surface area contributed by atoms with Crippen molar-refractivity contribution in [3.63, 3.8) is 0 Å². The van der Waals surface area contributed by atoms with E-state index in [2.05, 4.69) is 15.3 Å². The van der Waals surface area contributed by atoms with Gasteiger partial charge in [-0.2, -0.15) is 0 Å². The summed E-state index contributed by atoms with van der Waals surface area (Å²) >= 11 is 0. The van der Waals surface area contributed by atoms with Crippen LogP contribution in [0.2, 0.25) is 0 Å². The zero-order chi connectivity index (χ0) is 10.6. The number of amides is 2. The highest BCUT2D eigenvalue weighted by Gasteiger charge is 2.15. The average Bonchev–Trinajstić information content (AvgIpc) is 2.65. The molecular formula is C7H12N6O. The van der Waals surface area contributed by atoms with Crippen molar-refractivity contribution in [1.29, 1.82) is 5.41 Å². The third-order valence-corrected chi connectivity index (χ3v) is 1.61. The molecule has 0 unspecified atom stereocenters. The molecule has 1 aromatic rings. The number of aromatic amines is 1. The Morgan fingerprint density at radius 2 is 2.57 bits per heavy atom. The van der Waals surface area contributed by atoms with Gasteiger partial charge in [-0.3, -0.25) is 10.3 Å². The quantitative estimate of drug-likeness (QED) is 0.376. The van der Waals surface area contributed by atoms with Crippen LogP contribution in [0.25, 0.3) is 0 Å². The first-order valence-electron chi connectivity index (χ1n) is 3.96. The monoisotopic (exact) mass is 196 g/mol. The van der Waals surface area contributed by atoms with Gasteiger partial charge in [0.1, 0.15) is 5.82 Å². The number of guanidine groups is 1. The Morgan fingerprint density at radius 1 is 1.86 bits per heavy atom. The van der Waals surface area contributed by atoms with Crippen molar-refractivity contribution in [2.45, 2.75) is 6.54 Å². The van der Waals surface area contributed by atoms with E-state index in [0.717, 1.165) is 4.90 Å². The van der Waals surface area contributed by atoms with E-state index in [1.54, 1.807) is 12.4 Å². The summed E-state index contributed by atoms with van der Waals surface area (Å²) in [7, 11) is 1.47. The zero-order valence-electron chi connectivity index (χ0n) is 7.74. The second-order valence-electron chi connectivity index (χ2n) is 2.56. The average molecular weight is 196 g/mol. The maximum Gasteiger partial charge on any atom is 0.324 e. The predicted molar refractivity (Wildman–Crippen MR) is 50.5 cm³/mol. The maximum atomic E-state index is 11.2. The molecule has 5 N–H and O–H groups in total. The molecule has 0 aliphatic carbocycles. The molecule has 0 atom stereocenters. The number of carbonyl (C=O) groups excluding carboxylic acids is 1. The van der Waals surface area contributed by atoms with Crippen molar-refractivity contribution in [2.24, 2.45) is 5.73 Å². The number of imidazole rings is 1. The molecule has 7 heteroatoms. The highest BCUT2D eigenvalue weighted by Crippen LogP contribution is 1.97. The first-order chi connectivity index (χ1) is 6.65. The van der Waals surface area contributed by atoms with Gasteiger partial charge >= 0.3 is 6.03 Å². The topological polar surface area (TPSA) is 111 Å². The molecule has 0 saturated heterocycles. The van der Waals surface area contributed by atoms with E-state index in [9.17, 15) is 4.79 Å². The molecular weight excluding hydrogens is 184 g/mol. The number of nitrogens with one attached hydrogen (secondary N) is 3. The van der Waals surface area contributed by atoms with E-state index < -0.39 is 6.03 Å². The second kappa shape index (κ2) is 4.26. The second-order valence-corrected chi connectivity index (χ2v) is 2.56. The van der Waals surface area contributed by atoms with Crippen LogP contribution in [-0.2, 0) is 6.54 Å². The normalized spacial score (nSPS) is 9.50. The highest BCUT2D eigenvalue weighted by atomic mass is 16.2. The number of rotatable bonds is 2. The molecule has 2 amide bonds. The summed E-state index contributed by atoms with van der Waals surface area (Å²) in [6.07, 6.45) is 3.20. The molecule has 76 valence electrons. The van der Waals surface area contributed by atoms with E-state index >= 15 is 0 Å². The van der Waals surface area contributed by atoms with Crippen LogP contribution in [0.15, 0.2) is 12.4 Å². The molecule has 0 aliphatic rings. The van der Waals surface area contributed by atoms with Crippen LogP contribution in [-0.4, -0.2) is 33.9 Å². The van der Waals surface area contributed by atoms with Crippen molar-refractivity contribution in [3.8, 4) is 0 Å². The zero-order valence-corrected chi connectivity index (χ0v) is 7.74. The number of hydrogen-bond acceptors (Lipinski definition) is 3. The van der Waals surface area contributed by atoms with Gasteiger partial charge in [0, 0.05) is 19.4 Å². The van der Waals surface area contributed by atoms with Crippen LogP contribution < -0.4 is 11.1 Å². The molecule has 0 fully saturated rings. The molecule has 1 rings (SSSR count). The van der Waals surface area contributed by atoms with Crippen LogP contribution in [0.3, 0.4) is 0 Å². The molecule has 1 heterocycles. The van der Waals surface area contributed by atoms with Crippen LogP contribution in [0, 0.1) is 5.41 Å². The van der Waals surface area contributed by atoms with Crippen molar-refractivity contribution in [3.05, 3.63) is 18.2 Å². The highest BCUT2D eigenvalue weighted by molar-refractivity contribution is 5.93. The number of aromatic nitrogens is 2. The van der Waals surface area contributed by atoms with Crippen LogP contribution >= 0.6 is 0 Å². The number of H-pyrrole nitrogens is 1. The van der Waals surface area contributed by atoms with Crippen molar-refractivity contribution in [2.75, 3.05) is 7.05 Å². The Labute approximate surface area is 80.8 Å². The molecule has 0 aliphatic heterocycles. The van der Waals surface area contributed by atoms with Crippen LogP contribution in [0.5, 0.6) is 0 Å². The number of nitrogens with zero attached hydrogens (tertiary/aromatic N) is 2. The minimum Gasteiger partial charge on any atom is -0.370 e. The summed E-state index contributed by atoms with van der Waals surface area (Å²) in [6, 6.07) is -0.436. The Balaban J connectivity index is 2.70. The fourth-order valence-corrected chi connectivity index (χ4v) is 0.936. The number of urea groups is 1. The van der Waals surface area contributed by atoms with E-state index in [-0.39, 0.29) is 12.5 Å². The molecule has 7 nitrogen and oxygen atoms in total. The molecule has 14 heavy (non-hydrogen) atoms. The van der Waals surface area contributed by atoms with Gasteiger partial charge in [-0.05, 0) is 0 Å². The van der Waals surface area contributed by atoms with Gasteiger partial charge in [0.15, 0.2) is 5.96 Å². The van der Waals surface area contributed by atoms with Gasteiger partial charge in [-0.1, -0.05) is 0 Å². The predicted octanol–water partition coefficient (Wildman–Crippen LogP) is -0.555. The maximum absolute atomic E-state index is 11.2. The number of hydrogen-bond donors (Lipinski definition) is 4. The lowest BCUT2D eigenvalue weighted by Crippen LogP contribution is -2.45. The third-order valence-electron chi connectivity index (χ3n) is 1.61. The molecule has 0 radical (unpaired) electrons. The lowest BCUT2D eigenvalue weighted by molar-refractivity contribution is 0.220. The largest absolute Gasteiger partial charge is 0.370 e. The van der Waals surface area contributed by atoms with Gasteiger partial charge in [0.25, 0.3) is 0 Å². The summed E-state index contributed by atoms with van der Waals surface area (Å²) in [5.41, 5.74) is 5.24. The Kier molecular flexibility index (Phi) is 3.05. The van der Waals surface area contributed by atoms with Crippen molar-refractivity contribution in [1.82, 2.24) is 20.2 Å². The summed E-state index contributed by atoms with van der Waals surface area (Å²) in [5, 5.41) is 9.57. The molecule has 1 aromatic heterocycles. The van der Waals surface area contributed by atoms with Gasteiger partial charge in [0.05, 0.1) is 6.54 Å². The Bertz CT molecular complexity index is 319. The van der Waals surface area contributed by atoms with E-state index in [1.165, 1.54) is 7.05 Å². The van der Waals surface area contributed by atoms with Gasteiger partial charge in [0.2, 0.25) is 0 Å². The standard InChI is InChI=1S/C7H12N6O/c1-10-7(14)13(6(8)9)4-5-11-2-3-12-5/h2-3H,4H2,1H3,(H3,8,9)(H,10,14)(H,11,12). The molecule has 0 aromatic carbocycles. The Hall–Kier alpha value is -2.05. The van der Waals surface area contributed by atoms with E-state index in [4.69, 9.17) is 11.1 Å². The Morgan fingerprint density at radius 3 is 3.00 bits per heavy atom. The molecule has 0 bridgehead atoms. The van der Waals surface area contributed by atoms with Crippen molar-refractivity contribution >= 4 is 12.0 Å². The summed E-state index contributed by atoms with van der Waals surface area (Å²) < 4.78 is 0. The minimum atomic E-state index is -0.436. The molecule has 0 spiro atoms. The first kappa shape index (κ1) is 10.0. The van der Waals surface area contributed by atoms with E-state index in [0.29, 0.717) is 5.82 Å². The molecule has 0 saturated carbocycles. The lowest BCUT2D eigenvalue weighted by atomic mass is 10.5.